The Kier molecular flexibility index (Phi) is 3.44. The van der Waals surface area contributed by atoms with Gasteiger partial charge >= 0.3 is 0 Å². The molecule has 0 spiro atoms. The first-order valence-electron chi connectivity index (χ1n) is 5.44. The predicted molar refractivity (Wildman–Crippen MR) is 63.9 cm³/mol. The molecule has 0 fully saturated rings. The van der Waals surface area contributed by atoms with E-state index in [1.165, 1.54) is 6.33 Å². The van der Waals surface area contributed by atoms with Crippen LogP contribution >= 0.6 is 0 Å². The van der Waals surface area contributed by atoms with Gasteiger partial charge in [0.25, 0.3) is 0 Å². The molecular weight excluding hydrogens is 217 g/mol. The van der Waals surface area contributed by atoms with Crippen molar-refractivity contribution in [2.45, 2.75) is 19.9 Å². The molecule has 0 amide bonds. The number of halogens is 1. The molecule has 3 nitrogen and oxygen atoms in total. The van der Waals surface area contributed by atoms with Gasteiger partial charge in [0.1, 0.15) is 6.33 Å². The monoisotopic (exact) mass is 231 g/mol. The number of nitrogens with zero attached hydrogens (tertiary/aromatic N) is 2. The minimum atomic E-state index is -0.392. The third-order valence-corrected chi connectivity index (χ3v) is 2.58. The topological polar surface area (TPSA) is 51.8 Å². The van der Waals surface area contributed by atoms with E-state index in [4.69, 9.17) is 5.73 Å². The first-order valence-corrected chi connectivity index (χ1v) is 5.44. The van der Waals surface area contributed by atoms with Gasteiger partial charge in [-0.15, -0.1) is 0 Å². The first kappa shape index (κ1) is 11.7. The summed E-state index contributed by atoms with van der Waals surface area (Å²) < 4.78 is 13.9. The van der Waals surface area contributed by atoms with Gasteiger partial charge in [-0.25, -0.2) is 14.4 Å². The van der Waals surface area contributed by atoms with Gasteiger partial charge in [-0.1, -0.05) is 29.8 Å². The first-order chi connectivity index (χ1) is 8.20. The molecule has 0 saturated carbocycles. The predicted octanol–water partition coefficient (Wildman–Crippen LogP) is 1.97. The van der Waals surface area contributed by atoms with Crippen molar-refractivity contribution in [2.75, 3.05) is 0 Å². The minimum absolute atomic E-state index is 0.0924. The highest BCUT2D eigenvalue weighted by Gasteiger charge is 2.10. The van der Waals surface area contributed by atoms with Crippen LogP contribution in [0.1, 0.15) is 22.5 Å². The molecule has 2 rings (SSSR count). The van der Waals surface area contributed by atoms with Crippen molar-refractivity contribution in [1.29, 1.82) is 0 Å². The van der Waals surface area contributed by atoms with E-state index in [1.807, 2.05) is 31.2 Å². The van der Waals surface area contributed by atoms with Gasteiger partial charge < -0.3 is 5.73 Å². The maximum atomic E-state index is 13.9. The fourth-order valence-corrected chi connectivity index (χ4v) is 1.73. The summed E-state index contributed by atoms with van der Waals surface area (Å²) in [6.07, 6.45) is 1.82. The lowest BCUT2D eigenvalue weighted by Gasteiger charge is -2.05. The van der Waals surface area contributed by atoms with Crippen LogP contribution in [0, 0.1) is 12.7 Å². The maximum Gasteiger partial charge on any atom is 0.167 e. The molecule has 1 aromatic heterocycles. The molecule has 1 heterocycles. The Morgan fingerprint density at radius 1 is 1.24 bits per heavy atom. The van der Waals surface area contributed by atoms with Crippen LogP contribution < -0.4 is 5.73 Å². The van der Waals surface area contributed by atoms with Crippen LogP contribution in [-0.2, 0) is 13.0 Å². The van der Waals surface area contributed by atoms with E-state index in [1.54, 1.807) is 0 Å². The molecule has 4 heteroatoms. The molecule has 17 heavy (non-hydrogen) atoms. The molecule has 2 N–H and O–H groups in total. The number of aromatic nitrogens is 2. The Labute approximate surface area is 99.5 Å². The summed E-state index contributed by atoms with van der Waals surface area (Å²) in [4.78, 5) is 7.78. The second-order valence-corrected chi connectivity index (χ2v) is 3.95. The Morgan fingerprint density at radius 3 is 2.71 bits per heavy atom. The molecular formula is C13H14FN3. The van der Waals surface area contributed by atoms with Crippen LogP contribution in [-0.4, -0.2) is 9.97 Å². The van der Waals surface area contributed by atoms with E-state index in [9.17, 15) is 4.39 Å². The van der Waals surface area contributed by atoms with Gasteiger partial charge in [0, 0.05) is 13.0 Å². The Bertz CT molecular complexity index is 526. The van der Waals surface area contributed by atoms with Crippen LogP contribution in [0.3, 0.4) is 0 Å². The fraction of sp³-hybridized carbons (Fsp3) is 0.231. The van der Waals surface area contributed by atoms with Crippen molar-refractivity contribution in [3.05, 3.63) is 58.9 Å². The summed E-state index contributed by atoms with van der Waals surface area (Å²) in [5, 5.41) is 0. The zero-order chi connectivity index (χ0) is 12.3. The highest BCUT2D eigenvalue weighted by Crippen LogP contribution is 2.13. The maximum absolute atomic E-state index is 13.9. The fourth-order valence-electron chi connectivity index (χ4n) is 1.73. The average molecular weight is 231 g/mol. The molecule has 0 atom stereocenters. The summed E-state index contributed by atoms with van der Waals surface area (Å²) in [6, 6.07) is 7.93. The molecule has 0 aliphatic carbocycles. The Morgan fingerprint density at radius 2 is 2.00 bits per heavy atom. The van der Waals surface area contributed by atoms with E-state index >= 15 is 0 Å². The number of hydrogen-bond donors (Lipinski definition) is 1. The van der Waals surface area contributed by atoms with Crippen molar-refractivity contribution in [3.8, 4) is 0 Å². The molecule has 0 bridgehead atoms. The quantitative estimate of drug-likeness (QED) is 0.878. The van der Waals surface area contributed by atoms with Crippen LogP contribution in [0.5, 0.6) is 0 Å². The van der Waals surface area contributed by atoms with Gasteiger partial charge in [-0.3, -0.25) is 0 Å². The van der Waals surface area contributed by atoms with E-state index in [0.29, 0.717) is 12.1 Å². The number of aryl methyl sites for hydroxylation is 1. The molecule has 1 aromatic carbocycles. The summed E-state index contributed by atoms with van der Waals surface area (Å²) >= 11 is 0. The highest BCUT2D eigenvalue weighted by atomic mass is 19.1. The number of benzene rings is 1. The molecule has 88 valence electrons. The summed E-state index contributed by atoms with van der Waals surface area (Å²) in [7, 11) is 0. The summed E-state index contributed by atoms with van der Waals surface area (Å²) in [5.74, 6) is -0.392. The van der Waals surface area contributed by atoms with Crippen LogP contribution in [0.25, 0.3) is 0 Å². The lowest BCUT2D eigenvalue weighted by atomic mass is 10.1. The molecule has 0 unspecified atom stereocenters. The van der Waals surface area contributed by atoms with Gasteiger partial charge in [0.05, 0.1) is 11.4 Å². The minimum Gasteiger partial charge on any atom is -0.325 e. The second-order valence-electron chi connectivity index (χ2n) is 3.95. The average Bonchev–Trinajstić information content (AvgIpc) is 2.32. The van der Waals surface area contributed by atoms with Gasteiger partial charge in [-0.2, -0.15) is 0 Å². The van der Waals surface area contributed by atoms with Crippen molar-refractivity contribution in [1.82, 2.24) is 9.97 Å². The lowest BCUT2D eigenvalue weighted by Crippen LogP contribution is -2.08. The van der Waals surface area contributed by atoms with Gasteiger partial charge in [0.15, 0.2) is 5.82 Å². The van der Waals surface area contributed by atoms with E-state index in [0.717, 1.165) is 11.1 Å². The summed E-state index contributed by atoms with van der Waals surface area (Å²) in [6.45, 7) is 2.10. The Hall–Kier alpha value is -1.81. The normalized spacial score (nSPS) is 10.5. The van der Waals surface area contributed by atoms with E-state index < -0.39 is 5.82 Å². The van der Waals surface area contributed by atoms with Crippen molar-refractivity contribution in [2.24, 2.45) is 5.73 Å². The third-order valence-electron chi connectivity index (χ3n) is 2.58. The van der Waals surface area contributed by atoms with Crippen molar-refractivity contribution < 1.29 is 4.39 Å². The highest BCUT2D eigenvalue weighted by molar-refractivity contribution is 5.27. The number of nitrogens with two attached hydrogens (primary N) is 1. The molecule has 0 aliphatic heterocycles. The smallest absolute Gasteiger partial charge is 0.167 e. The largest absolute Gasteiger partial charge is 0.325 e. The van der Waals surface area contributed by atoms with Crippen LogP contribution in [0.2, 0.25) is 0 Å². The van der Waals surface area contributed by atoms with Gasteiger partial charge in [-0.05, 0) is 12.5 Å². The molecule has 2 aromatic rings. The SMILES string of the molecule is Cc1cccc(Cc2ncnc(CN)c2F)c1. The lowest BCUT2D eigenvalue weighted by molar-refractivity contribution is 0.574. The zero-order valence-electron chi connectivity index (χ0n) is 9.65. The van der Waals surface area contributed by atoms with Crippen molar-refractivity contribution in [3.63, 3.8) is 0 Å². The Balaban J connectivity index is 2.30. The van der Waals surface area contributed by atoms with Crippen molar-refractivity contribution >= 4 is 0 Å². The molecule has 0 saturated heterocycles. The number of rotatable bonds is 3. The van der Waals surface area contributed by atoms with Gasteiger partial charge in [0.2, 0.25) is 0 Å². The second kappa shape index (κ2) is 5.01. The summed E-state index contributed by atoms with van der Waals surface area (Å²) in [5.41, 5.74) is 8.25. The standard InChI is InChI=1S/C13H14FN3/c1-9-3-2-4-10(5-9)6-11-13(14)12(7-15)17-8-16-11/h2-5,8H,6-7,15H2,1H3. The zero-order valence-corrected chi connectivity index (χ0v) is 9.65. The molecule has 0 radical (unpaired) electrons. The van der Waals surface area contributed by atoms with E-state index in [2.05, 4.69) is 9.97 Å². The van der Waals surface area contributed by atoms with Crippen LogP contribution in [0.15, 0.2) is 30.6 Å². The third kappa shape index (κ3) is 2.65. The van der Waals surface area contributed by atoms with Crippen LogP contribution in [0.4, 0.5) is 4.39 Å². The molecule has 0 aliphatic rings. The number of hydrogen-bond acceptors (Lipinski definition) is 3. The van der Waals surface area contributed by atoms with E-state index in [-0.39, 0.29) is 12.2 Å².